The van der Waals surface area contributed by atoms with Gasteiger partial charge in [0.05, 0.1) is 6.10 Å². The second kappa shape index (κ2) is 6.39. The molecule has 0 aromatic carbocycles. The Morgan fingerprint density at radius 3 is 2.41 bits per heavy atom. The van der Waals surface area contributed by atoms with Gasteiger partial charge in [-0.25, -0.2) is 4.79 Å². The van der Waals surface area contributed by atoms with Gasteiger partial charge in [-0.3, -0.25) is 0 Å². The highest BCUT2D eigenvalue weighted by atomic mass is 16.5. The molecular formula is C14H26O3. The average molecular weight is 242 g/mol. The van der Waals surface area contributed by atoms with Gasteiger partial charge in [-0.2, -0.15) is 0 Å². The highest BCUT2D eigenvalue weighted by Crippen LogP contribution is 2.29. The third-order valence-corrected chi connectivity index (χ3v) is 3.63. The molecule has 1 aliphatic rings. The number of carbonyl (C=O) groups is 1. The fourth-order valence-corrected chi connectivity index (χ4v) is 2.33. The lowest BCUT2D eigenvalue weighted by Crippen LogP contribution is -2.42. The summed E-state index contributed by atoms with van der Waals surface area (Å²) in [6.07, 6.45) is 7.29. The van der Waals surface area contributed by atoms with Crippen molar-refractivity contribution in [2.45, 2.75) is 77.4 Å². The van der Waals surface area contributed by atoms with Gasteiger partial charge in [0.2, 0.25) is 0 Å². The van der Waals surface area contributed by atoms with Crippen LogP contribution >= 0.6 is 0 Å². The van der Waals surface area contributed by atoms with E-state index in [1.54, 1.807) is 6.92 Å². The van der Waals surface area contributed by atoms with Crippen LogP contribution in [0.3, 0.4) is 0 Å². The molecule has 0 aromatic heterocycles. The van der Waals surface area contributed by atoms with E-state index >= 15 is 0 Å². The summed E-state index contributed by atoms with van der Waals surface area (Å²) in [5.74, 6) is -0.299. The molecule has 0 radical (unpaired) electrons. The molecule has 0 aliphatic heterocycles. The van der Waals surface area contributed by atoms with E-state index in [0.717, 1.165) is 19.3 Å². The van der Waals surface area contributed by atoms with Gasteiger partial charge in [0.25, 0.3) is 0 Å². The van der Waals surface area contributed by atoms with Gasteiger partial charge in [0, 0.05) is 0 Å². The molecule has 0 amide bonds. The van der Waals surface area contributed by atoms with Gasteiger partial charge in [0.15, 0.2) is 5.60 Å². The molecule has 0 saturated heterocycles. The molecule has 0 aromatic rings. The molecule has 1 rings (SSSR count). The monoisotopic (exact) mass is 242 g/mol. The Morgan fingerprint density at radius 1 is 1.35 bits per heavy atom. The maximum Gasteiger partial charge on any atom is 0.335 e. The zero-order valence-electron chi connectivity index (χ0n) is 11.4. The second-order valence-corrected chi connectivity index (χ2v) is 5.85. The number of ether oxygens (including phenoxy) is 1. The van der Waals surface area contributed by atoms with Crippen molar-refractivity contribution in [3.8, 4) is 0 Å². The lowest BCUT2D eigenvalue weighted by molar-refractivity contribution is -0.175. The van der Waals surface area contributed by atoms with Crippen LogP contribution in [0.15, 0.2) is 0 Å². The minimum Gasteiger partial charge on any atom is -0.479 e. The normalized spacial score (nSPS) is 21.4. The highest BCUT2D eigenvalue weighted by Gasteiger charge is 2.36. The van der Waals surface area contributed by atoms with Crippen LogP contribution in [0.2, 0.25) is 0 Å². The van der Waals surface area contributed by atoms with Gasteiger partial charge in [-0.05, 0) is 38.5 Å². The molecule has 17 heavy (non-hydrogen) atoms. The molecule has 3 nitrogen and oxygen atoms in total. The van der Waals surface area contributed by atoms with Crippen molar-refractivity contribution in [1.82, 2.24) is 0 Å². The SMILES string of the molecule is CC(C)CCC(C)(OC1CCCCC1)C(=O)O. The maximum atomic E-state index is 11.4. The second-order valence-electron chi connectivity index (χ2n) is 5.85. The molecule has 1 saturated carbocycles. The standard InChI is InChI=1S/C14H26O3/c1-11(2)9-10-14(3,13(15)16)17-12-7-5-4-6-8-12/h11-12H,4-10H2,1-3H3,(H,15,16). The minimum absolute atomic E-state index is 0.150. The summed E-state index contributed by atoms with van der Waals surface area (Å²) >= 11 is 0. The molecule has 1 fully saturated rings. The van der Waals surface area contributed by atoms with E-state index in [1.165, 1.54) is 19.3 Å². The third-order valence-electron chi connectivity index (χ3n) is 3.63. The van der Waals surface area contributed by atoms with Crippen molar-refractivity contribution in [2.24, 2.45) is 5.92 Å². The third kappa shape index (κ3) is 4.66. The van der Waals surface area contributed by atoms with E-state index in [0.29, 0.717) is 12.3 Å². The number of carboxylic acid groups (broad SMARTS) is 1. The van der Waals surface area contributed by atoms with Crippen LogP contribution in [0.1, 0.15) is 65.7 Å². The van der Waals surface area contributed by atoms with Crippen LogP contribution in [0.4, 0.5) is 0 Å². The van der Waals surface area contributed by atoms with Crippen molar-refractivity contribution < 1.29 is 14.6 Å². The Hall–Kier alpha value is -0.570. The Balaban J connectivity index is 2.53. The first-order valence-corrected chi connectivity index (χ1v) is 6.85. The number of hydrogen-bond acceptors (Lipinski definition) is 2. The van der Waals surface area contributed by atoms with Crippen LogP contribution in [0, 0.1) is 5.92 Å². The molecule has 1 unspecified atom stereocenters. The van der Waals surface area contributed by atoms with Crippen LogP contribution in [-0.2, 0) is 9.53 Å². The van der Waals surface area contributed by atoms with E-state index in [-0.39, 0.29) is 6.10 Å². The largest absolute Gasteiger partial charge is 0.479 e. The lowest BCUT2D eigenvalue weighted by atomic mass is 9.92. The molecule has 0 heterocycles. The van der Waals surface area contributed by atoms with Crippen molar-refractivity contribution >= 4 is 5.97 Å². The molecule has 1 atom stereocenters. The molecule has 0 spiro atoms. The maximum absolute atomic E-state index is 11.4. The summed E-state index contributed by atoms with van der Waals surface area (Å²) in [6.45, 7) is 5.96. The van der Waals surface area contributed by atoms with E-state index in [9.17, 15) is 9.90 Å². The Kier molecular flexibility index (Phi) is 5.44. The summed E-state index contributed by atoms with van der Waals surface area (Å²) in [7, 11) is 0. The number of carboxylic acids is 1. The van der Waals surface area contributed by atoms with E-state index in [2.05, 4.69) is 13.8 Å². The van der Waals surface area contributed by atoms with E-state index in [4.69, 9.17) is 4.74 Å². The van der Waals surface area contributed by atoms with Gasteiger partial charge in [-0.1, -0.05) is 33.1 Å². The van der Waals surface area contributed by atoms with Crippen LogP contribution in [0.5, 0.6) is 0 Å². The summed E-state index contributed by atoms with van der Waals surface area (Å²) in [4.78, 5) is 11.4. The molecule has 0 bridgehead atoms. The number of rotatable bonds is 6. The number of hydrogen-bond donors (Lipinski definition) is 1. The lowest BCUT2D eigenvalue weighted by Gasteiger charge is -2.33. The first kappa shape index (κ1) is 14.5. The van der Waals surface area contributed by atoms with Crippen LogP contribution < -0.4 is 0 Å². The van der Waals surface area contributed by atoms with Gasteiger partial charge >= 0.3 is 5.97 Å². The predicted octanol–water partition coefficient (Wildman–Crippen LogP) is 3.62. The zero-order valence-corrected chi connectivity index (χ0v) is 11.4. The summed E-state index contributed by atoms with van der Waals surface area (Å²) in [5, 5.41) is 9.35. The Morgan fingerprint density at radius 2 is 1.94 bits per heavy atom. The topological polar surface area (TPSA) is 46.5 Å². The minimum atomic E-state index is -0.994. The first-order chi connectivity index (χ1) is 7.94. The van der Waals surface area contributed by atoms with E-state index < -0.39 is 11.6 Å². The van der Waals surface area contributed by atoms with Crippen molar-refractivity contribution in [3.63, 3.8) is 0 Å². The Bertz CT molecular complexity index is 244. The first-order valence-electron chi connectivity index (χ1n) is 6.85. The van der Waals surface area contributed by atoms with Gasteiger partial charge in [-0.15, -0.1) is 0 Å². The van der Waals surface area contributed by atoms with Crippen LogP contribution in [0.25, 0.3) is 0 Å². The van der Waals surface area contributed by atoms with E-state index in [1.807, 2.05) is 0 Å². The van der Waals surface area contributed by atoms with Crippen LogP contribution in [-0.4, -0.2) is 22.8 Å². The Labute approximate surface area is 105 Å². The summed E-state index contributed by atoms with van der Waals surface area (Å²) in [6, 6.07) is 0. The fraction of sp³-hybridized carbons (Fsp3) is 0.929. The predicted molar refractivity (Wildman–Crippen MR) is 68.1 cm³/mol. The van der Waals surface area contributed by atoms with Gasteiger partial charge in [0.1, 0.15) is 0 Å². The molecule has 100 valence electrons. The molecular weight excluding hydrogens is 216 g/mol. The molecule has 1 aliphatic carbocycles. The smallest absolute Gasteiger partial charge is 0.335 e. The average Bonchev–Trinajstić information content (AvgIpc) is 2.27. The summed E-state index contributed by atoms with van der Waals surface area (Å²) in [5.41, 5.74) is -0.994. The molecule has 1 N–H and O–H groups in total. The van der Waals surface area contributed by atoms with Crippen molar-refractivity contribution in [2.75, 3.05) is 0 Å². The highest BCUT2D eigenvalue weighted by molar-refractivity contribution is 5.76. The van der Waals surface area contributed by atoms with Crippen molar-refractivity contribution in [3.05, 3.63) is 0 Å². The zero-order chi connectivity index (χ0) is 12.9. The van der Waals surface area contributed by atoms with Gasteiger partial charge < -0.3 is 9.84 Å². The van der Waals surface area contributed by atoms with Crippen molar-refractivity contribution in [1.29, 1.82) is 0 Å². The summed E-state index contributed by atoms with van der Waals surface area (Å²) < 4.78 is 5.89. The number of aliphatic carboxylic acids is 1. The quantitative estimate of drug-likeness (QED) is 0.774. The molecule has 3 heteroatoms. The fourth-order valence-electron chi connectivity index (χ4n) is 2.33.